The van der Waals surface area contributed by atoms with Crippen LogP contribution < -0.4 is 0 Å². The van der Waals surface area contributed by atoms with Crippen LogP contribution in [0.3, 0.4) is 0 Å². The number of likely N-dealkylation sites (N-methyl/N-ethyl adjacent to an activating group) is 1. The van der Waals surface area contributed by atoms with Gasteiger partial charge in [0, 0.05) is 39.4 Å². The van der Waals surface area contributed by atoms with Crippen LogP contribution in [0.2, 0.25) is 0 Å². The number of amides is 2. The molecule has 13 heavy (non-hydrogen) atoms. The van der Waals surface area contributed by atoms with Gasteiger partial charge in [-0.1, -0.05) is 11.8 Å². The van der Waals surface area contributed by atoms with Gasteiger partial charge in [0.1, 0.15) is 0 Å². The van der Waals surface area contributed by atoms with Crippen molar-refractivity contribution in [3.63, 3.8) is 0 Å². The molecule has 0 bridgehead atoms. The van der Waals surface area contributed by atoms with Crippen molar-refractivity contribution in [2.24, 2.45) is 0 Å². The molecule has 1 heterocycles. The Hall–Kier alpha value is -0.710. The normalized spacial score (nSPS) is 16.9. The molecule has 4 nitrogen and oxygen atoms in total. The van der Waals surface area contributed by atoms with Gasteiger partial charge in [-0.05, 0) is 0 Å². The number of nitrogens with zero attached hydrogens (tertiary/aromatic N) is 2. The van der Waals surface area contributed by atoms with E-state index in [-0.39, 0.29) is 11.1 Å². The maximum atomic E-state index is 11.3. The molecule has 0 aliphatic carbocycles. The van der Waals surface area contributed by atoms with Crippen LogP contribution in [0.5, 0.6) is 0 Å². The van der Waals surface area contributed by atoms with Crippen LogP contribution in [0, 0.1) is 0 Å². The quantitative estimate of drug-likeness (QED) is 0.674. The molecule has 1 saturated heterocycles. The molecule has 0 N–H and O–H groups in total. The van der Waals surface area contributed by atoms with E-state index in [0.717, 1.165) is 13.1 Å². The number of hydrogen-bond donors (Lipinski definition) is 0. The fourth-order valence-corrected chi connectivity index (χ4v) is 1.81. The molecule has 0 spiro atoms. The van der Waals surface area contributed by atoms with Gasteiger partial charge in [-0.3, -0.25) is 4.79 Å². The molecule has 1 fully saturated rings. The standard InChI is InChI=1S/C8H14N2O2S/c1-7(11)13-6-5-10-4-3-9(2)8(10)12/h3-6H2,1-2H3. The summed E-state index contributed by atoms with van der Waals surface area (Å²) in [7, 11) is 1.79. The Bertz CT molecular complexity index is 220. The van der Waals surface area contributed by atoms with Gasteiger partial charge < -0.3 is 9.80 Å². The minimum absolute atomic E-state index is 0.0733. The van der Waals surface area contributed by atoms with Gasteiger partial charge in [-0.15, -0.1) is 0 Å². The van der Waals surface area contributed by atoms with Gasteiger partial charge >= 0.3 is 6.03 Å². The summed E-state index contributed by atoms with van der Waals surface area (Å²) in [5.41, 5.74) is 0. The third-order valence-electron chi connectivity index (χ3n) is 1.97. The number of hydrogen-bond acceptors (Lipinski definition) is 3. The molecular formula is C8H14N2O2S. The zero-order valence-corrected chi connectivity index (χ0v) is 8.76. The molecule has 1 aliphatic rings. The zero-order chi connectivity index (χ0) is 9.84. The minimum Gasteiger partial charge on any atom is -0.326 e. The number of urea groups is 1. The SMILES string of the molecule is CC(=O)SCCN1CCN(C)C1=O. The van der Waals surface area contributed by atoms with Gasteiger partial charge in [-0.25, -0.2) is 4.79 Å². The van der Waals surface area contributed by atoms with E-state index in [1.165, 1.54) is 11.8 Å². The predicted molar refractivity (Wildman–Crippen MR) is 52.7 cm³/mol. The Labute approximate surface area is 82.3 Å². The van der Waals surface area contributed by atoms with Gasteiger partial charge in [0.05, 0.1) is 0 Å². The Morgan fingerprint density at radius 1 is 1.54 bits per heavy atom. The van der Waals surface area contributed by atoms with Crippen LogP contribution in [-0.2, 0) is 4.79 Å². The van der Waals surface area contributed by atoms with Crippen LogP contribution in [0.15, 0.2) is 0 Å². The van der Waals surface area contributed by atoms with Crippen LogP contribution >= 0.6 is 11.8 Å². The lowest BCUT2D eigenvalue weighted by molar-refractivity contribution is -0.109. The van der Waals surface area contributed by atoms with E-state index in [1.54, 1.807) is 23.8 Å². The molecule has 0 aromatic carbocycles. The van der Waals surface area contributed by atoms with Gasteiger partial charge in [-0.2, -0.15) is 0 Å². The largest absolute Gasteiger partial charge is 0.326 e. The molecule has 0 atom stereocenters. The van der Waals surface area contributed by atoms with Crippen LogP contribution in [0.1, 0.15) is 6.92 Å². The molecule has 0 aromatic rings. The Kier molecular flexibility index (Phi) is 3.59. The summed E-state index contributed by atoms with van der Waals surface area (Å²) in [5, 5.41) is 0.111. The highest BCUT2D eigenvalue weighted by atomic mass is 32.2. The number of carbonyl (C=O) groups excluding carboxylic acids is 2. The first-order valence-electron chi connectivity index (χ1n) is 4.24. The second kappa shape index (κ2) is 4.50. The Morgan fingerprint density at radius 2 is 2.23 bits per heavy atom. The van der Waals surface area contributed by atoms with E-state index >= 15 is 0 Å². The molecule has 74 valence electrons. The molecule has 5 heteroatoms. The smallest absolute Gasteiger partial charge is 0.319 e. The zero-order valence-electron chi connectivity index (χ0n) is 7.95. The fourth-order valence-electron chi connectivity index (χ4n) is 1.21. The van der Waals surface area contributed by atoms with Crippen molar-refractivity contribution in [1.82, 2.24) is 9.80 Å². The molecule has 0 saturated carbocycles. The van der Waals surface area contributed by atoms with Crippen molar-refractivity contribution >= 4 is 22.9 Å². The summed E-state index contributed by atoms with van der Waals surface area (Å²) in [6.07, 6.45) is 0. The molecule has 0 radical (unpaired) electrons. The Morgan fingerprint density at radius 3 is 2.69 bits per heavy atom. The molecular weight excluding hydrogens is 188 g/mol. The first-order valence-corrected chi connectivity index (χ1v) is 5.23. The van der Waals surface area contributed by atoms with Gasteiger partial charge in [0.2, 0.25) is 0 Å². The van der Waals surface area contributed by atoms with Crippen LogP contribution in [-0.4, -0.2) is 53.4 Å². The second-order valence-corrected chi connectivity index (χ2v) is 4.30. The molecule has 0 aromatic heterocycles. The summed E-state index contributed by atoms with van der Waals surface area (Å²) in [4.78, 5) is 25.4. The number of thioether (sulfide) groups is 1. The summed E-state index contributed by atoms with van der Waals surface area (Å²) in [6.45, 7) is 3.80. The lowest BCUT2D eigenvalue weighted by Crippen LogP contribution is -2.31. The minimum atomic E-state index is 0.0733. The average Bonchev–Trinajstić information content (AvgIpc) is 2.35. The first-order chi connectivity index (χ1) is 6.11. The van der Waals surface area contributed by atoms with Crippen molar-refractivity contribution in [2.75, 3.05) is 32.4 Å². The summed E-state index contributed by atoms with van der Waals surface area (Å²) in [6, 6.07) is 0.0733. The highest BCUT2D eigenvalue weighted by Crippen LogP contribution is 2.08. The van der Waals surface area contributed by atoms with Crippen molar-refractivity contribution in [1.29, 1.82) is 0 Å². The fraction of sp³-hybridized carbons (Fsp3) is 0.750. The monoisotopic (exact) mass is 202 g/mol. The van der Waals surface area contributed by atoms with E-state index in [0.29, 0.717) is 12.3 Å². The Balaban J connectivity index is 2.23. The van der Waals surface area contributed by atoms with E-state index < -0.39 is 0 Å². The van der Waals surface area contributed by atoms with Crippen molar-refractivity contribution in [3.8, 4) is 0 Å². The van der Waals surface area contributed by atoms with E-state index in [1.807, 2.05) is 0 Å². The van der Waals surface area contributed by atoms with Crippen molar-refractivity contribution in [2.45, 2.75) is 6.92 Å². The summed E-state index contributed by atoms with van der Waals surface area (Å²) >= 11 is 1.27. The van der Waals surface area contributed by atoms with Crippen molar-refractivity contribution < 1.29 is 9.59 Å². The van der Waals surface area contributed by atoms with E-state index in [9.17, 15) is 9.59 Å². The average molecular weight is 202 g/mol. The van der Waals surface area contributed by atoms with E-state index in [2.05, 4.69) is 0 Å². The molecule has 0 unspecified atom stereocenters. The predicted octanol–water partition coefficient (Wildman–Crippen LogP) is 0.634. The van der Waals surface area contributed by atoms with Crippen LogP contribution in [0.4, 0.5) is 4.79 Å². The maximum absolute atomic E-state index is 11.3. The lowest BCUT2D eigenvalue weighted by atomic mass is 10.6. The van der Waals surface area contributed by atoms with Gasteiger partial charge in [0.15, 0.2) is 5.12 Å². The summed E-state index contributed by atoms with van der Waals surface area (Å²) < 4.78 is 0. The summed E-state index contributed by atoms with van der Waals surface area (Å²) in [5.74, 6) is 0.703. The van der Waals surface area contributed by atoms with Crippen LogP contribution in [0.25, 0.3) is 0 Å². The van der Waals surface area contributed by atoms with Gasteiger partial charge in [0.25, 0.3) is 0 Å². The molecule has 1 rings (SSSR count). The number of rotatable bonds is 3. The first kappa shape index (κ1) is 10.4. The third kappa shape index (κ3) is 2.91. The van der Waals surface area contributed by atoms with Crippen molar-refractivity contribution in [3.05, 3.63) is 0 Å². The lowest BCUT2D eigenvalue weighted by Gasteiger charge is -2.14. The maximum Gasteiger partial charge on any atom is 0.319 e. The highest BCUT2D eigenvalue weighted by molar-refractivity contribution is 8.13. The number of carbonyl (C=O) groups is 2. The topological polar surface area (TPSA) is 40.6 Å². The third-order valence-corrected chi connectivity index (χ3v) is 2.76. The molecule has 2 amide bonds. The highest BCUT2D eigenvalue weighted by Gasteiger charge is 2.24. The van der Waals surface area contributed by atoms with E-state index in [4.69, 9.17) is 0 Å². The second-order valence-electron chi connectivity index (χ2n) is 3.03. The molecule has 1 aliphatic heterocycles.